The van der Waals surface area contributed by atoms with Crippen LogP contribution in [0.1, 0.15) is 32.4 Å². The third-order valence-electron chi connectivity index (χ3n) is 2.92. The lowest BCUT2D eigenvalue weighted by Gasteiger charge is -2.20. The molecule has 1 aromatic rings. The van der Waals surface area contributed by atoms with Crippen LogP contribution in [-0.2, 0) is 4.79 Å². The Labute approximate surface area is 123 Å². The zero-order chi connectivity index (χ0) is 15.3. The fraction of sp³-hybridized carbons (Fsp3) is 0.429. The van der Waals surface area contributed by atoms with Crippen LogP contribution in [0, 0.1) is 5.92 Å². The highest BCUT2D eigenvalue weighted by Crippen LogP contribution is 2.17. The van der Waals surface area contributed by atoms with Crippen molar-refractivity contribution in [2.45, 2.75) is 32.9 Å². The summed E-state index contributed by atoms with van der Waals surface area (Å²) in [5.41, 5.74) is 0.851. The molecule has 1 rings (SSSR count). The van der Waals surface area contributed by atoms with Crippen LogP contribution >= 0.6 is 11.6 Å². The first kappa shape index (κ1) is 16.3. The lowest BCUT2D eigenvalue weighted by atomic mass is 10.1. The van der Waals surface area contributed by atoms with Gasteiger partial charge in [0.2, 0.25) is 0 Å². The second-order valence-electron chi connectivity index (χ2n) is 4.95. The van der Waals surface area contributed by atoms with E-state index < -0.39 is 18.0 Å². The summed E-state index contributed by atoms with van der Waals surface area (Å²) in [5, 5.41) is 14.7. The number of rotatable bonds is 5. The van der Waals surface area contributed by atoms with Crippen molar-refractivity contribution in [3.8, 4) is 0 Å². The summed E-state index contributed by atoms with van der Waals surface area (Å²) < 4.78 is 0. The van der Waals surface area contributed by atoms with Gasteiger partial charge in [-0.3, -0.25) is 0 Å². The number of carbonyl (C=O) groups is 2. The summed E-state index contributed by atoms with van der Waals surface area (Å²) in [6.45, 7) is 5.27. The average molecular weight is 299 g/mol. The van der Waals surface area contributed by atoms with E-state index in [0.29, 0.717) is 5.02 Å². The molecule has 6 heteroatoms. The van der Waals surface area contributed by atoms with Gasteiger partial charge in [-0.1, -0.05) is 37.6 Å². The topological polar surface area (TPSA) is 78.4 Å². The minimum Gasteiger partial charge on any atom is -0.480 e. The first-order valence-corrected chi connectivity index (χ1v) is 6.74. The third-order valence-corrected chi connectivity index (χ3v) is 3.15. The summed E-state index contributed by atoms with van der Waals surface area (Å²) in [6, 6.07) is 5.44. The predicted molar refractivity (Wildman–Crippen MR) is 77.8 cm³/mol. The largest absolute Gasteiger partial charge is 0.480 e. The van der Waals surface area contributed by atoms with Crippen LogP contribution in [0.2, 0.25) is 5.02 Å². The Hall–Kier alpha value is -1.75. The van der Waals surface area contributed by atoms with Gasteiger partial charge in [-0.2, -0.15) is 0 Å². The van der Waals surface area contributed by atoms with E-state index in [1.807, 2.05) is 6.07 Å². The molecule has 5 nitrogen and oxygen atoms in total. The van der Waals surface area contributed by atoms with Crippen LogP contribution in [0.5, 0.6) is 0 Å². The highest BCUT2D eigenvalue weighted by atomic mass is 35.5. The zero-order valence-corrected chi connectivity index (χ0v) is 12.4. The quantitative estimate of drug-likeness (QED) is 0.782. The summed E-state index contributed by atoms with van der Waals surface area (Å²) in [6.07, 6.45) is 0. The van der Waals surface area contributed by atoms with E-state index >= 15 is 0 Å². The van der Waals surface area contributed by atoms with Crippen molar-refractivity contribution in [2.24, 2.45) is 5.92 Å². The van der Waals surface area contributed by atoms with Crippen molar-refractivity contribution in [1.29, 1.82) is 0 Å². The molecule has 0 aromatic heterocycles. The molecule has 0 bridgehead atoms. The number of urea groups is 1. The van der Waals surface area contributed by atoms with Crippen molar-refractivity contribution in [3.63, 3.8) is 0 Å². The standard InChI is InChI=1S/C14H19ClN2O3/c1-8(2)12(13(18)19)17-14(20)16-9(3)10-5-4-6-11(15)7-10/h4-9,12H,1-3H3,(H,18,19)(H2,16,17,20). The summed E-state index contributed by atoms with van der Waals surface area (Å²) in [4.78, 5) is 22.8. The maximum atomic E-state index is 11.8. The lowest BCUT2D eigenvalue weighted by molar-refractivity contribution is -0.140. The normalized spacial score (nSPS) is 13.7. The molecule has 2 amide bonds. The van der Waals surface area contributed by atoms with Gasteiger partial charge in [0.05, 0.1) is 6.04 Å². The zero-order valence-electron chi connectivity index (χ0n) is 11.7. The Morgan fingerprint density at radius 2 is 1.85 bits per heavy atom. The Morgan fingerprint density at radius 1 is 1.20 bits per heavy atom. The molecule has 0 aliphatic heterocycles. The number of benzene rings is 1. The molecule has 20 heavy (non-hydrogen) atoms. The molecule has 110 valence electrons. The first-order valence-electron chi connectivity index (χ1n) is 6.36. The number of amides is 2. The molecular weight excluding hydrogens is 280 g/mol. The monoisotopic (exact) mass is 298 g/mol. The molecule has 0 heterocycles. The van der Waals surface area contributed by atoms with Gasteiger partial charge < -0.3 is 15.7 Å². The molecule has 2 atom stereocenters. The third kappa shape index (κ3) is 4.74. The molecule has 0 saturated carbocycles. The van der Waals surface area contributed by atoms with Crippen molar-refractivity contribution in [2.75, 3.05) is 0 Å². The van der Waals surface area contributed by atoms with Crippen LogP contribution in [0.25, 0.3) is 0 Å². The van der Waals surface area contributed by atoms with Crippen molar-refractivity contribution < 1.29 is 14.7 Å². The van der Waals surface area contributed by atoms with Crippen LogP contribution in [0.4, 0.5) is 4.79 Å². The molecule has 0 saturated heterocycles. The first-order chi connectivity index (χ1) is 9.31. The predicted octanol–water partition coefficient (Wildman–Crippen LogP) is 2.81. The highest BCUT2D eigenvalue weighted by Gasteiger charge is 2.23. The Morgan fingerprint density at radius 3 is 2.35 bits per heavy atom. The van der Waals surface area contributed by atoms with Crippen LogP contribution in [0.15, 0.2) is 24.3 Å². The SMILES string of the molecule is CC(NC(=O)NC(C(=O)O)C(C)C)c1cccc(Cl)c1. The lowest BCUT2D eigenvalue weighted by Crippen LogP contribution is -2.49. The van der Waals surface area contributed by atoms with Gasteiger partial charge in [0.15, 0.2) is 0 Å². The van der Waals surface area contributed by atoms with Crippen LogP contribution in [0.3, 0.4) is 0 Å². The minimum absolute atomic E-state index is 0.195. The van der Waals surface area contributed by atoms with Crippen molar-refractivity contribution in [3.05, 3.63) is 34.9 Å². The maximum absolute atomic E-state index is 11.8. The minimum atomic E-state index is -1.05. The Bertz CT molecular complexity index is 491. The average Bonchev–Trinajstić information content (AvgIpc) is 2.35. The molecule has 3 N–H and O–H groups in total. The number of carboxylic acids is 1. The second-order valence-corrected chi connectivity index (χ2v) is 5.39. The van der Waals surface area contributed by atoms with E-state index in [0.717, 1.165) is 5.56 Å². The van der Waals surface area contributed by atoms with Crippen molar-refractivity contribution >= 4 is 23.6 Å². The number of nitrogens with one attached hydrogen (secondary N) is 2. The van der Waals surface area contributed by atoms with Gasteiger partial charge in [0, 0.05) is 5.02 Å². The number of hydrogen-bond donors (Lipinski definition) is 3. The number of hydrogen-bond acceptors (Lipinski definition) is 2. The number of aliphatic carboxylic acids is 1. The highest BCUT2D eigenvalue weighted by molar-refractivity contribution is 6.30. The van der Waals surface area contributed by atoms with Gasteiger partial charge in [-0.25, -0.2) is 9.59 Å². The fourth-order valence-electron chi connectivity index (χ4n) is 1.75. The van der Waals surface area contributed by atoms with E-state index in [-0.39, 0.29) is 12.0 Å². The van der Waals surface area contributed by atoms with Gasteiger partial charge >= 0.3 is 12.0 Å². The number of carboxylic acid groups (broad SMARTS) is 1. The smallest absolute Gasteiger partial charge is 0.326 e. The Kier molecular flexibility index (Phi) is 5.82. The van der Waals surface area contributed by atoms with E-state index in [1.54, 1.807) is 39.0 Å². The summed E-state index contributed by atoms with van der Waals surface area (Å²) in [7, 11) is 0. The molecule has 0 aliphatic rings. The van der Waals surface area contributed by atoms with Crippen LogP contribution in [-0.4, -0.2) is 23.1 Å². The molecule has 0 spiro atoms. The second kappa shape index (κ2) is 7.14. The summed E-state index contributed by atoms with van der Waals surface area (Å²) in [5.74, 6) is -1.25. The summed E-state index contributed by atoms with van der Waals surface area (Å²) >= 11 is 5.89. The molecule has 2 unspecified atom stereocenters. The van der Waals surface area contributed by atoms with Gasteiger partial charge in [-0.15, -0.1) is 0 Å². The fourth-order valence-corrected chi connectivity index (χ4v) is 1.95. The van der Waals surface area contributed by atoms with Crippen LogP contribution < -0.4 is 10.6 Å². The number of halogens is 1. The molecule has 0 radical (unpaired) electrons. The van der Waals surface area contributed by atoms with Crippen molar-refractivity contribution in [1.82, 2.24) is 10.6 Å². The maximum Gasteiger partial charge on any atom is 0.326 e. The van der Waals surface area contributed by atoms with Gasteiger partial charge in [-0.05, 0) is 30.5 Å². The Balaban J connectivity index is 2.64. The van der Waals surface area contributed by atoms with E-state index in [1.165, 1.54) is 0 Å². The molecule has 1 aromatic carbocycles. The van der Waals surface area contributed by atoms with Gasteiger partial charge in [0.1, 0.15) is 6.04 Å². The molecular formula is C14H19ClN2O3. The van der Waals surface area contributed by atoms with E-state index in [9.17, 15) is 9.59 Å². The van der Waals surface area contributed by atoms with E-state index in [4.69, 9.17) is 16.7 Å². The molecule has 0 aliphatic carbocycles. The van der Waals surface area contributed by atoms with E-state index in [2.05, 4.69) is 10.6 Å². The van der Waals surface area contributed by atoms with Gasteiger partial charge in [0.25, 0.3) is 0 Å². The molecule has 0 fully saturated rings. The number of carbonyl (C=O) groups excluding carboxylic acids is 1.